The second-order valence-corrected chi connectivity index (χ2v) is 4.90. The van der Waals surface area contributed by atoms with Crippen LogP contribution in [0.4, 0.5) is 16.2 Å². The molecule has 7 heteroatoms. The highest BCUT2D eigenvalue weighted by molar-refractivity contribution is 5.68. The average molecular weight is 292 g/mol. The molecule has 0 aromatic heterocycles. The summed E-state index contributed by atoms with van der Waals surface area (Å²) in [5, 5.41) is 4.53. The van der Waals surface area contributed by atoms with Gasteiger partial charge in [0.15, 0.2) is 0 Å². The Morgan fingerprint density at radius 3 is 2.67 bits per heavy atom. The number of para-hydroxylation sites is 2. The van der Waals surface area contributed by atoms with Gasteiger partial charge in [0.25, 0.3) is 0 Å². The number of hydrogen-bond donors (Lipinski definition) is 1. The molecule has 0 unspecified atom stereocenters. The van der Waals surface area contributed by atoms with Crippen LogP contribution in [0.1, 0.15) is 19.8 Å². The topological polar surface area (TPSA) is 88.2 Å². The van der Waals surface area contributed by atoms with Crippen LogP contribution in [0, 0.1) is 4.91 Å². The van der Waals surface area contributed by atoms with Crippen LogP contribution in [0.15, 0.2) is 29.6 Å². The number of anilines is 2. The molecule has 0 aliphatic carbocycles. The van der Waals surface area contributed by atoms with Crippen molar-refractivity contribution in [3.05, 3.63) is 29.2 Å². The van der Waals surface area contributed by atoms with Crippen molar-refractivity contribution < 1.29 is 9.53 Å². The highest BCUT2D eigenvalue weighted by Gasteiger charge is 2.29. The second kappa shape index (κ2) is 6.92. The lowest BCUT2D eigenvalue weighted by Gasteiger charge is -2.35. The molecule has 0 atom stereocenters. The quantitative estimate of drug-likeness (QED) is 0.523. The normalized spacial score (nSPS) is 15.6. The van der Waals surface area contributed by atoms with Crippen LogP contribution in [0.2, 0.25) is 0 Å². The van der Waals surface area contributed by atoms with Crippen LogP contribution in [-0.2, 0) is 4.74 Å². The Hall–Kier alpha value is -2.31. The number of benzene rings is 1. The molecular formula is C14H20N4O3. The van der Waals surface area contributed by atoms with E-state index in [2.05, 4.69) is 5.29 Å². The number of amides is 1. The van der Waals surface area contributed by atoms with Gasteiger partial charge in [0, 0.05) is 13.1 Å². The van der Waals surface area contributed by atoms with Gasteiger partial charge in [-0.25, -0.2) is 9.80 Å². The summed E-state index contributed by atoms with van der Waals surface area (Å²) in [6.45, 7) is 3.23. The Bertz CT molecular complexity index is 501. The number of carbonyl (C=O) groups is 1. The van der Waals surface area contributed by atoms with E-state index < -0.39 is 0 Å². The van der Waals surface area contributed by atoms with E-state index in [1.54, 1.807) is 24.0 Å². The Morgan fingerprint density at radius 1 is 1.43 bits per heavy atom. The maximum atomic E-state index is 11.7. The predicted molar refractivity (Wildman–Crippen MR) is 80.7 cm³/mol. The second-order valence-electron chi connectivity index (χ2n) is 4.90. The van der Waals surface area contributed by atoms with E-state index in [0.717, 1.165) is 0 Å². The number of nitrogens with two attached hydrogens (primary N) is 1. The highest BCUT2D eigenvalue weighted by atomic mass is 16.6. The summed E-state index contributed by atoms with van der Waals surface area (Å²) in [5.74, 6) is 0. The Labute approximate surface area is 123 Å². The van der Waals surface area contributed by atoms with Gasteiger partial charge in [0.1, 0.15) is 0 Å². The molecule has 1 fully saturated rings. The molecule has 21 heavy (non-hydrogen) atoms. The van der Waals surface area contributed by atoms with Gasteiger partial charge in [0.05, 0.1) is 29.3 Å². The number of likely N-dealkylation sites (tertiary alicyclic amines) is 1. The summed E-state index contributed by atoms with van der Waals surface area (Å²) in [6.07, 6.45) is 0.999. The molecule has 7 nitrogen and oxygen atoms in total. The molecule has 2 rings (SSSR count). The number of nitrogen functional groups attached to an aromatic ring is 1. The zero-order valence-corrected chi connectivity index (χ0v) is 12.1. The lowest BCUT2D eigenvalue weighted by molar-refractivity contribution is 0.0968. The first-order chi connectivity index (χ1) is 10.2. The van der Waals surface area contributed by atoms with Crippen molar-refractivity contribution in [1.82, 2.24) is 4.90 Å². The Kier molecular flexibility index (Phi) is 4.97. The molecule has 114 valence electrons. The van der Waals surface area contributed by atoms with E-state index in [1.165, 1.54) is 5.01 Å². The monoisotopic (exact) mass is 292 g/mol. The summed E-state index contributed by atoms with van der Waals surface area (Å²) in [5.41, 5.74) is 7.03. The number of carbonyl (C=O) groups excluding carboxylic acids is 1. The predicted octanol–water partition coefficient (Wildman–Crippen LogP) is 2.38. The summed E-state index contributed by atoms with van der Waals surface area (Å²) in [4.78, 5) is 24.5. The minimum Gasteiger partial charge on any atom is -0.450 e. The van der Waals surface area contributed by atoms with Crippen molar-refractivity contribution in [3.63, 3.8) is 0 Å². The van der Waals surface area contributed by atoms with Gasteiger partial charge in [0.2, 0.25) is 0 Å². The molecule has 1 aromatic carbocycles. The Morgan fingerprint density at radius 2 is 2.10 bits per heavy atom. The average Bonchev–Trinajstić information content (AvgIpc) is 2.51. The lowest BCUT2D eigenvalue weighted by atomic mass is 10.0. The van der Waals surface area contributed by atoms with Gasteiger partial charge < -0.3 is 15.4 Å². The van der Waals surface area contributed by atoms with Crippen molar-refractivity contribution in [1.29, 1.82) is 0 Å². The van der Waals surface area contributed by atoms with Crippen LogP contribution >= 0.6 is 0 Å². The summed E-state index contributed by atoms with van der Waals surface area (Å²) >= 11 is 0. The smallest absolute Gasteiger partial charge is 0.409 e. The van der Waals surface area contributed by atoms with E-state index >= 15 is 0 Å². The molecule has 1 aromatic rings. The lowest BCUT2D eigenvalue weighted by Crippen LogP contribution is -2.45. The zero-order valence-electron chi connectivity index (χ0n) is 12.1. The minimum atomic E-state index is -0.305. The molecule has 0 spiro atoms. The minimum absolute atomic E-state index is 0.0575. The van der Waals surface area contributed by atoms with Crippen molar-refractivity contribution >= 4 is 17.5 Å². The van der Waals surface area contributed by atoms with E-state index in [9.17, 15) is 9.70 Å². The van der Waals surface area contributed by atoms with E-state index in [-0.39, 0.29) is 12.1 Å². The molecular weight excluding hydrogens is 272 g/mol. The van der Waals surface area contributed by atoms with Crippen molar-refractivity contribution in [2.45, 2.75) is 25.8 Å². The molecule has 1 amide bonds. The van der Waals surface area contributed by atoms with Crippen molar-refractivity contribution in [2.24, 2.45) is 5.29 Å². The van der Waals surface area contributed by atoms with Gasteiger partial charge in [-0.3, -0.25) is 0 Å². The van der Waals surface area contributed by atoms with Gasteiger partial charge >= 0.3 is 6.09 Å². The number of nitroso groups, excluding NO2 is 1. The zero-order chi connectivity index (χ0) is 15.2. The third-order valence-corrected chi connectivity index (χ3v) is 3.61. The van der Waals surface area contributed by atoms with Gasteiger partial charge in [-0.05, 0) is 31.9 Å². The number of ether oxygens (including phenoxy) is 1. The molecule has 0 saturated carbocycles. The van der Waals surface area contributed by atoms with E-state index in [1.807, 2.05) is 12.1 Å². The molecule has 1 heterocycles. The summed E-state index contributed by atoms with van der Waals surface area (Å²) < 4.78 is 4.98. The van der Waals surface area contributed by atoms with Gasteiger partial charge in [-0.15, -0.1) is 4.91 Å². The first-order valence-electron chi connectivity index (χ1n) is 7.06. The number of piperidine rings is 1. The first-order valence-corrected chi connectivity index (χ1v) is 7.06. The fourth-order valence-electron chi connectivity index (χ4n) is 2.51. The third kappa shape index (κ3) is 3.42. The molecule has 0 bridgehead atoms. The third-order valence-electron chi connectivity index (χ3n) is 3.61. The van der Waals surface area contributed by atoms with Crippen LogP contribution < -0.4 is 10.7 Å². The summed E-state index contributed by atoms with van der Waals surface area (Å²) in [6, 6.07) is 7.08. The van der Waals surface area contributed by atoms with Crippen LogP contribution in [-0.4, -0.2) is 36.7 Å². The maximum absolute atomic E-state index is 11.7. The number of hydrogen-bond acceptors (Lipinski definition) is 5. The van der Waals surface area contributed by atoms with E-state index in [4.69, 9.17) is 10.5 Å². The fraction of sp³-hybridized carbons (Fsp3) is 0.500. The van der Waals surface area contributed by atoms with Crippen LogP contribution in [0.3, 0.4) is 0 Å². The van der Waals surface area contributed by atoms with Gasteiger partial charge in [-0.1, -0.05) is 12.1 Å². The maximum Gasteiger partial charge on any atom is 0.409 e. The number of nitrogens with zero attached hydrogens (tertiary/aromatic N) is 3. The SMILES string of the molecule is CCOC(=O)N1CCC(N(N=O)c2ccccc2N)CC1. The molecule has 0 radical (unpaired) electrons. The van der Waals surface area contributed by atoms with E-state index in [0.29, 0.717) is 43.9 Å². The van der Waals surface area contributed by atoms with Gasteiger partial charge in [-0.2, -0.15) is 0 Å². The summed E-state index contributed by atoms with van der Waals surface area (Å²) in [7, 11) is 0. The first kappa shape index (κ1) is 15.1. The fourth-order valence-corrected chi connectivity index (χ4v) is 2.51. The Balaban J connectivity index is 2.01. The largest absolute Gasteiger partial charge is 0.450 e. The molecule has 2 N–H and O–H groups in total. The number of rotatable bonds is 4. The molecule has 1 saturated heterocycles. The van der Waals surface area contributed by atoms with Crippen LogP contribution in [0.25, 0.3) is 0 Å². The molecule has 1 aliphatic rings. The van der Waals surface area contributed by atoms with Crippen molar-refractivity contribution in [2.75, 3.05) is 30.4 Å². The standard InChI is InChI=1S/C14H20N4O3/c1-2-21-14(19)17-9-7-11(8-10-17)18(16-20)13-6-4-3-5-12(13)15/h3-6,11H,2,7-10,15H2,1H3. The van der Waals surface area contributed by atoms with Crippen LogP contribution in [0.5, 0.6) is 0 Å². The molecule has 1 aliphatic heterocycles. The highest BCUT2D eigenvalue weighted by Crippen LogP contribution is 2.28. The van der Waals surface area contributed by atoms with Crippen molar-refractivity contribution in [3.8, 4) is 0 Å².